The number of fused-ring (bicyclic) bond motifs is 1. The van der Waals surface area contributed by atoms with Gasteiger partial charge in [0.2, 0.25) is 5.91 Å². The van der Waals surface area contributed by atoms with Crippen LogP contribution in [0.15, 0.2) is 36.4 Å². The second-order valence-electron chi connectivity index (χ2n) is 7.51. The van der Waals surface area contributed by atoms with Crippen molar-refractivity contribution in [2.24, 2.45) is 0 Å². The van der Waals surface area contributed by atoms with Crippen molar-refractivity contribution in [3.63, 3.8) is 0 Å². The minimum absolute atomic E-state index is 0.138. The molecule has 2 aromatic carbocycles. The van der Waals surface area contributed by atoms with E-state index in [4.69, 9.17) is 9.47 Å². The molecule has 0 aliphatic carbocycles. The monoisotopic (exact) mass is 394 g/mol. The normalized spacial score (nSPS) is 17.8. The molecule has 2 heterocycles. The Hall–Kier alpha value is -3.02. The molecule has 152 valence electrons. The summed E-state index contributed by atoms with van der Waals surface area (Å²) in [5.41, 5.74) is 3.44. The fourth-order valence-electron chi connectivity index (χ4n) is 3.90. The Morgan fingerprint density at radius 2 is 2.07 bits per heavy atom. The van der Waals surface area contributed by atoms with Crippen molar-refractivity contribution >= 4 is 17.5 Å². The molecule has 2 aliphatic heterocycles. The second-order valence-corrected chi connectivity index (χ2v) is 7.51. The molecule has 1 saturated heterocycles. The van der Waals surface area contributed by atoms with Crippen LogP contribution in [-0.2, 0) is 17.8 Å². The van der Waals surface area contributed by atoms with Crippen molar-refractivity contribution in [2.45, 2.75) is 45.8 Å². The van der Waals surface area contributed by atoms with E-state index >= 15 is 0 Å². The highest BCUT2D eigenvalue weighted by molar-refractivity contribution is 5.97. The van der Waals surface area contributed by atoms with Gasteiger partial charge in [-0.3, -0.25) is 9.59 Å². The number of carbonyl (C=O) groups is 2. The molecule has 1 fully saturated rings. The summed E-state index contributed by atoms with van der Waals surface area (Å²) in [4.78, 5) is 26.2. The Kier molecular flexibility index (Phi) is 5.43. The Labute approximate surface area is 170 Å². The summed E-state index contributed by atoms with van der Waals surface area (Å²) in [6.07, 6.45) is 2.50. The van der Waals surface area contributed by atoms with Crippen molar-refractivity contribution in [1.82, 2.24) is 5.32 Å². The van der Waals surface area contributed by atoms with Crippen LogP contribution in [-0.4, -0.2) is 31.1 Å². The molecule has 0 radical (unpaired) electrons. The summed E-state index contributed by atoms with van der Waals surface area (Å²) >= 11 is 0. The van der Waals surface area contributed by atoms with Gasteiger partial charge >= 0.3 is 0 Å². The maximum atomic E-state index is 12.6. The number of amides is 2. The first-order valence-corrected chi connectivity index (χ1v) is 10.2. The average molecular weight is 394 g/mol. The summed E-state index contributed by atoms with van der Waals surface area (Å²) in [6.45, 7) is 5.64. The van der Waals surface area contributed by atoms with E-state index in [-0.39, 0.29) is 17.9 Å². The molecular weight excluding hydrogens is 368 g/mol. The van der Waals surface area contributed by atoms with Crippen LogP contribution in [0.2, 0.25) is 0 Å². The zero-order valence-electron chi connectivity index (χ0n) is 16.9. The first-order valence-electron chi connectivity index (χ1n) is 10.2. The molecule has 1 atom stereocenters. The van der Waals surface area contributed by atoms with Gasteiger partial charge in [-0.05, 0) is 56.7 Å². The molecule has 6 heteroatoms. The van der Waals surface area contributed by atoms with E-state index < -0.39 is 0 Å². The van der Waals surface area contributed by atoms with Gasteiger partial charge in [0.05, 0.1) is 6.61 Å². The van der Waals surface area contributed by atoms with Crippen LogP contribution in [0.5, 0.6) is 11.5 Å². The van der Waals surface area contributed by atoms with Gasteiger partial charge in [0.1, 0.15) is 17.6 Å². The van der Waals surface area contributed by atoms with E-state index in [2.05, 4.69) is 5.32 Å². The first-order chi connectivity index (χ1) is 14.0. The number of ether oxygens (including phenoxy) is 2. The number of rotatable bonds is 6. The molecule has 2 aliphatic rings. The fourth-order valence-corrected chi connectivity index (χ4v) is 3.90. The minimum atomic E-state index is -0.165. The van der Waals surface area contributed by atoms with Crippen LogP contribution in [0.1, 0.15) is 48.2 Å². The summed E-state index contributed by atoms with van der Waals surface area (Å²) in [5, 5.41) is 2.96. The van der Waals surface area contributed by atoms with E-state index in [1.807, 2.05) is 38.1 Å². The topological polar surface area (TPSA) is 67.9 Å². The quantitative estimate of drug-likeness (QED) is 0.815. The van der Waals surface area contributed by atoms with Gasteiger partial charge in [0.15, 0.2) is 0 Å². The summed E-state index contributed by atoms with van der Waals surface area (Å²) in [7, 11) is 0. The number of anilines is 1. The first kappa shape index (κ1) is 19.3. The SMILES string of the molecule is CCOc1cc2c(cc1CNC(=O)c1ccc(N3CCCC3=O)cc1)O[C@@H](C)C2. The maximum absolute atomic E-state index is 12.6. The largest absolute Gasteiger partial charge is 0.494 e. The number of hydrogen-bond acceptors (Lipinski definition) is 4. The van der Waals surface area contributed by atoms with Gasteiger partial charge in [0.25, 0.3) is 5.91 Å². The summed E-state index contributed by atoms with van der Waals surface area (Å²) in [6, 6.07) is 11.2. The minimum Gasteiger partial charge on any atom is -0.494 e. The van der Waals surface area contributed by atoms with Crippen LogP contribution in [0.3, 0.4) is 0 Å². The van der Waals surface area contributed by atoms with Crippen molar-refractivity contribution in [2.75, 3.05) is 18.1 Å². The van der Waals surface area contributed by atoms with Crippen molar-refractivity contribution < 1.29 is 19.1 Å². The van der Waals surface area contributed by atoms with E-state index in [9.17, 15) is 9.59 Å². The van der Waals surface area contributed by atoms with E-state index in [1.165, 1.54) is 0 Å². The van der Waals surface area contributed by atoms with Crippen molar-refractivity contribution in [1.29, 1.82) is 0 Å². The van der Waals surface area contributed by atoms with Crippen molar-refractivity contribution in [3.05, 3.63) is 53.1 Å². The van der Waals surface area contributed by atoms with Crippen LogP contribution in [0.4, 0.5) is 5.69 Å². The number of nitrogens with one attached hydrogen (secondary N) is 1. The molecular formula is C23H26N2O4. The van der Waals surface area contributed by atoms with E-state index in [1.54, 1.807) is 17.0 Å². The summed E-state index contributed by atoms with van der Waals surface area (Å²) in [5.74, 6) is 1.62. The lowest BCUT2D eigenvalue weighted by molar-refractivity contribution is -0.117. The van der Waals surface area contributed by atoms with Crippen LogP contribution < -0.4 is 19.7 Å². The smallest absolute Gasteiger partial charge is 0.251 e. The van der Waals surface area contributed by atoms with Crippen LogP contribution >= 0.6 is 0 Å². The van der Waals surface area contributed by atoms with Gasteiger partial charge < -0.3 is 19.7 Å². The predicted octanol–water partition coefficient (Wildman–Crippen LogP) is 3.47. The van der Waals surface area contributed by atoms with Gasteiger partial charge in [-0.2, -0.15) is 0 Å². The number of hydrogen-bond donors (Lipinski definition) is 1. The lowest BCUT2D eigenvalue weighted by atomic mass is 10.1. The van der Waals surface area contributed by atoms with E-state index in [0.29, 0.717) is 25.1 Å². The molecule has 4 rings (SSSR count). The number of benzene rings is 2. The molecule has 0 saturated carbocycles. The molecule has 6 nitrogen and oxygen atoms in total. The second kappa shape index (κ2) is 8.15. The highest BCUT2D eigenvalue weighted by Crippen LogP contribution is 2.35. The molecule has 1 N–H and O–H groups in total. The standard InChI is InChI=1S/C23H26N2O4/c1-3-28-20-12-17-11-15(2)29-21(17)13-18(20)14-24-23(27)16-6-8-19(9-7-16)25-10-4-5-22(25)26/h6-9,12-13,15H,3-5,10-11,14H2,1-2H3,(H,24,27)/t15-/m0/s1. The number of carbonyl (C=O) groups excluding carboxylic acids is 2. The molecule has 2 aromatic rings. The highest BCUT2D eigenvalue weighted by atomic mass is 16.5. The molecule has 0 spiro atoms. The molecule has 0 aromatic heterocycles. The molecule has 0 bridgehead atoms. The Morgan fingerprint density at radius 1 is 1.28 bits per heavy atom. The summed E-state index contributed by atoms with van der Waals surface area (Å²) < 4.78 is 11.6. The van der Waals surface area contributed by atoms with Crippen LogP contribution in [0, 0.1) is 0 Å². The van der Waals surface area contributed by atoms with Gasteiger partial charge in [0, 0.05) is 48.3 Å². The lowest BCUT2D eigenvalue weighted by Gasteiger charge is -2.16. The molecule has 29 heavy (non-hydrogen) atoms. The lowest BCUT2D eigenvalue weighted by Crippen LogP contribution is -2.25. The Balaban J connectivity index is 1.44. The third-order valence-corrected chi connectivity index (χ3v) is 5.33. The Bertz CT molecular complexity index is 923. The zero-order chi connectivity index (χ0) is 20.4. The average Bonchev–Trinajstić information content (AvgIpc) is 3.30. The zero-order valence-corrected chi connectivity index (χ0v) is 16.9. The molecule has 2 amide bonds. The van der Waals surface area contributed by atoms with Gasteiger partial charge in [-0.1, -0.05) is 0 Å². The fraction of sp³-hybridized carbons (Fsp3) is 0.391. The maximum Gasteiger partial charge on any atom is 0.251 e. The number of nitrogens with zero attached hydrogens (tertiary/aromatic N) is 1. The highest BCUT2D eigenvalue weighted by Gasteiger charge is 2.23. The van der Waals surface area contributed by atoms with Gasteiger partial charge in [-0.25, -0.2) is 0 Å². The third-order valence-electron chi connectivity index (χ3n) is 5.33. The third kappa shape index (κ3) is 4.06. The van der Waals surface area contributed by atoms with Crippen molar-refractivity contribution in [3.8, 4) is 11.5 Å². The molecule has 0 unspecified atom stereocenters. The van der Waals surface area contributed by atoms with E-state index in [0.717, 1.165) is 47.7 Å². The van der Waals surface area contributed by atoms with Gasteiger partial charge in [-0.15, -0.1) is 0 Å². The van der Waals surface area contributed by atoms with Crippen LogP contribution in [0.25, 0.3) is 0 Å². The predicted molar refractivity (Wildman–Crippen MR) is 111 cm³/mol. The Morgan fingerprint density at radius 3 is 2.76 bits per heavy atom.